The van der Waals surface area contributed by atoms with E-state index in [1.54, 1.807) is 24.4 Å². The maximum absolute atomic E-state index is 12.2. The Morgan fingerprint density at radius 3 is 3.10 bits per heavy atom. The van der Waals surface area contributed by atoms with Gasteiger partial charge in [-0.25, -0.2) is 9.20 Å². The van der Waals surface area contributed by atoms with E-state index in [1.807, 2.05) is 4.90 Å². The first kappa shape index (κ1) is 13.0. The van der Waals surface area contributed by atoms with Gasteiger partial charge in [0.1, 0.15) is 0 Å². The number of hydrogen-bond acceptors (Lipinski definition) is 5. The molecule has 7 heteroatoms. The Morgan fingerprint density at radius 1 is 1.50 bits per heavy atom. The predicted molar refractivity (Wildman–Crippen MR) is 74.0 cm³/mol. The van der Waals surface area contributed by atoms with Gasteiger partial charge in [0, 0.05) is 31.9 Å². The molecule has 1 aliphatic rings. The van der Waals surface area contributed by atoms with Crippen LogP contribution in [0.3, 0.4) is 0 Å². The van der Waals surface area contributed by atoms with Gasteiger partial charge in [-0.05, 0) is 19.1 Å². The molecule has 0 amide bonds. The molecule has 0 bridgehead atoms. The zero-order valence-electron chi connectivity index (χ0n) is 11.3. The van der Waals surface area contributed by atoms with E-state index in [0.29, 0.717) is 11.7 Å². The monoisotopic (exact) mass is 275 g/mol. The van der Waals surface area contributed by atoms with Crippen LogP contribution in [-0.4, -0.2) is 57.2 Å². The van der Waals surface area contributed by atoms with Crippen LogP contribution in [0.5, 0.6) is 0 Å². The minimum absolute atomic E-state index is 0.218. The van der Waals surface area contributed by atoms with E-state index in [9.17, 15) is 9.59 Å². The van der Waals surface area contributed by atoms with Crippen LogP contribution in [0.2, 0.25) is 0 Å². The largest absolute Gasteiger partial charge is 0.357 e. The molecular formula is C13H17N5O2. The standard InChI is InChI=1S/C13H17N5O2/c1-10-8-16(7-5-14-10)9-12(19)18-13(20)17-6-3-2-4-11(17)15-18/h2-4,6,10,14H,5,7-9H2,1H3/t10-/m0/s1. The van der Waals surface area contributed by atoms with Crippen molar-refractivity contribution < 1.29 is 4.79 Å². The second kappa shape index (κ2) is 5.18. The summed E-state index contributed by atoms with van der Waals surface area (Å²) in [5.41, 5.74) is 0.0771. The first-order chi connectivity index (χ1) is 9.65. The van der Waals surface area contributed by atoms with Crippen LogP contribution in [0, 0.1) is 0 Å². The van der Waals surface area contributed by atoms with Crippen molar-refractivity contribution in [3.8, 4) is 0 Å². The van der Waals surface area contributed by atoms with E-state index in [4.69, 9.17) is 0 Å². The fraction of sp³-hybridized carbons (Fsp3) is 0.462. The molecule has 1 fully saturated rings. The van der Waals surface area contributed by atoms with Gasteiger partial charge in [0.25, 0.3) is 5.91 Å². The number of rotatable bonds is 2. The number of carbonyl (C=O) groups excluding carboxylic acids is 1. The lowest BCUT2D eigenvalue weighted by Crippen LogP contribution is -2.51. The minimum Gasteiger partial charge on any atom is -0.312 e. The van der Waals surface area contributed by atoms with Crippen LogP contribution in [0.25, 0.3) is 5.65 Å². The van der Waals surface area contributed by atoms with Crippen molar-refractivity contribution in [3.63, 3.8) is 0 Å². The van der Waals surface area contributed by atoms with Gasteiger partial charge in [-0.3, -0.25) is 9.69 Å². The summed E-state index contributed by atoms with van der Waals surface area (Å²) in [5, 5.41) is 7.39. The van der Waals surface area contributed by atoms with Gasteiger partial charge in [-0.2, -0.15) is 0 Å². The molecule has 3 rings (SSSR count). The molecular weight excluding hydrogens is 258 g/mol. The smallest absolute Gasteiger partial charge is 0.312 e. The van der Waals surface area contributed by atoms with Crippen LogP contribution in [0.1, 0.15) is 11.7 Å². The maximum Gasteiger partial charge on any atom is 0.357 e. The van der Waals surface area contributed by atoms with Crippen LogP contribution in [0.15, 0.2) is 29.2 Å². The first-order valence-electron chi connectivity index (χ1n) is 6.70. The lowest BCUT2D eigenvalue weighted by molar-refractivity contribution is 0.0805. The van der Waals surface area contributed by atoms with Gasteiger partial charge >= 0.3 is 5.69 Å². The van der Waals surface area contributed by atoms with Crippen molar-refractivity contribution in [2.45, 2.75) is 13.0 Å². The Bertz CT molecular complexity index is 689. The zero-order valence-corrected chi connectivity index (χ0v) is 11.3. The average Bonchev–Trinajstić information content (AvgIpc) is 2.77. The second-order valence-corrected chi connectivity index (χ2v) is 5.11. The fourth-order valence-corrected chi connectivity index (χ4v) is 2.50. The third-order valence-electron chi connectivity index (χ3n) is 3.48. The average molecular weight is 275 g/mol. The summed E-state index contributed by atoms with van der Waals surface area (Å²) in [7, 11) is 0. The summed E-state index contributed by atoms with van der Waals surface area (Å²) in [6.07, 6.45) is 1.61. The SMILES string of the molecule is C[C@H]1CN(CC(=O)n2nc3ccccn3c2=O)CCN1. The zero-order chi connectivity index (χ0) is 14.1. The number of pyridine rings is 1. The first-order valence-corrected chi connectivity index (χ1v) is 6.70. The van der Waals surface area contributed by atoms with Crippen molar-refractivity contribution >= 4 is 11.6 Å². The molecule has 0 aliphatic carbocycles. The number of fused-ring (bicyclic) bond motifs is 1. The van der Waals surface area contributed by atoms with E-state index in [0.717, 1.165) is 24.3 Å². The van der Waals surface area contributed by atoms with E-state index < -0.39 is 5.69 Å². The van der Waals surface area contributed by atoms with E-state index in [2.05, 4.69) is 17.3 Å². The van der Waals surface area contributed by atoms with Crippen LogP contribution in [0.4, 0.5) is 0 Å². The molecule has 0 radical (unpaired) electrons. The van der Waals surface area contributed by atoms with Crippen molar-refractivity contribution in [2.24, 2.45) is 0 Å². The molecule has 20 heavy (non-hydrogen) atoms. The summed E-state index contributed by atoms with van der Waals surface area (Å²) in [4.78, 5) is 26.4. The number of carbonyl (C=O) groups is 1. The Balaban J connectivity index is 1.82. The molecule has 7 nitrogen and oxygen atoms in total. The summed E-state index contributed by atoms with van der Waals surface area (Å²) in [5.74, 6) is -0.284. The van der Waals surface area contributed by atoms with Crippen molar-refractivity contribution in [1.29, 1.82) is 0 Å². The molecule has 1 atom stereocenters. The van der Waals surface area contributed by atoms with Crippen LogP contribution in [-0.2, 0) is 0 Å². The highest BCUT2D eigenvalue weighted by atomic mass is 16.2. The van der Waals surface area contributed by atoms with Gasteiger partial charge in [0.05, 0.1) is 6.54 Å². The third-order valence-corrected chi connectivity index (χ3v) is 3.48. The quantitative estimate of drug-likeness (QED) is 0.795. The molecule has 2 aromatic rings. The van der Waals surface area contributed by atoms with E-state index >= 15 is 0 Å². The predicted octanol–water partition coefficient (Wildman–Crippen LogP) is -0.570. The summed E-state index contributed by atoms with van der Waals surface area (Å²) >= 11 is 0. The fourth-order valence-electron chi connectivity index (χ4n) is 2.50. The number of nitrogens with one attached hydrogen (secondary N) is 1. The molecule has 0 saturated carbocycles. The topological polar surface area (TPSA) is 71.6 Å². The van der Waals surface area contributed by atoms with Crippen molar-refractivity contribution in [1.82, 2.24) is 24.4 Å². The third kappa shape index (κ3) is 2.37. The number of nitrogens with zero attached hydrogens (tertiary/aromatic N) is 4. The molecule has 3 heterocycles. The van der Waals surface area contributed by atoms with Gasteiger partial charge in [0.2, 0.25) is 0 Å². The second-order valence-electron chi connectivity index (χ2n) is 5.11. The Morgan fingerprint density at radius 2 is 2.35 bits per heavy atom. The lowest BCUT2D eigenvalue weighted by Gasteiger charge is -2.30. The Kier molecular flexibility index (Phi) is 3.37. The number of aromatic nitrogens is 3. The van der Waals surface area contributed by atoms with Crippen molar-refractivity contribution in [3.05, 3.63) is 34.9 Å². The molecule has 106 valence electrons. The molecule has 1 N–H and O–H groups in total. The van der Waals surface area contributed by atoms with E-state index in [1.165, 1.54) is 4.40 Å². The maximum atomic E-state index is 12.2. The van der Waals surface area contributed by atoms with Gasteiger partial charge < -0.3 is 5.32 Å². The molecule has 0 spiro atoms. The number of piperazine rings is 1. The molecule has 0 unspecified atom stereocenters. The summed E-state index contributed by atoms with van der Waals surface area (Å²) < 4.78 is 2.33. The highest BCUT2D eigenvalue weighted by Crippen LogP contribution is 2.00. The normalized spacial score (nSPS) is 20.4. The van der Waals surface area contributed by atoms with Crippen molar-refractivity contribution in [2.75, 3.05) is 26.2 Å². The molecule has 2 aromatic heterocycles. The van der Waals surface area contributed by atoms with Crippen LogP contribution >= 0.6 is 0 Å². The Hall–Kier alpha value is -1.99. The summed E-state index contributed by atoms with van der Waals surface area (Å²) in [6, 6.07) is 5.59. The van der Waals surface area contributed by atoms with E-state index in [-0.39, 0.29) is 12.5 Å². The Labute approximate surface area is 115 Å². The van der Waals surface area contributed by atoms with Crippen LogP contribution < -0.4 is 11.0 Å². The molecule has 1 aliphatic heterocycles. The number of hydrogen-bond donors (Lipinski definition) is 1. The van der Waals surface area contributed by atoms with Gasteiger partial charge in [0.15, 0.2) is 5.65 Å². The lowest BCUT2D eigenvalue weighted by atomic mass is 10.2. The highest BCUT2D eigenvalue weighted by molar-refractivity contribution is 5.80. The molecule has 1 saturated heterocycles. The van der Waals surface area contributed by atoms with Gasteiger partial charge in [-0.15, -0.1) is 9.78 Å². The summed E-state index contributed by atoms with van der Waals surface area (Å²) in [6.45, 7) is 4.75. The molecule has 0 aromatic carbocycles. The highest BCUT2D eigenvalue weighted by Gasteiger charge is 2.21. The van der Waals surface area contributed by atoms with Gasteiger partial charge in [-0.1, -0.05) is 6.07 Å². The minimum atomic E-state index is -0.409.